The highest BCUT2D eigenvalue weighted by atomic mass is 19.1. The van der Waals surface area contributed by atoms with Crippen LogP contribution in [0, 0.1) is 17.8 Å². The van der Waals surface area contributed by atoms with Crippen molar-refractivity contribution in [3.8, 4) is 45.6 Å². The third kappa shape index (κ3) is 9.04. The van der Waals surface area contributed by atoms with Gasteiger partial charge in [0.1, 0.15) is 52.9 Å². The molecule has 0 spiro atoms. The normalized spacial score (nSPS) is 18.9. The number of pyridine rings is 2. The number of anilines is 2. The maximum Gasteiger partial charge on any atom is 0.231 e. The summed E-state index contributed by atoms with van der Waals surface area (Å²) in [6.07, 6.45) is 5.54. The first-order valence-electron chi connectivity index (χ1n) is 19.7. The van der Waals surface area contributed by atoms with E-state index in [4.69, 9.17) is 18.9 Å². The van der Waals surface area contributed by atoms with Gasteiger partial charge in [-0.15, -0.1) is 0 Å². The second-order valence-corrected chi connectivity index (χ2v) is 14.6. The van der Waals surface area contributed by atoms with Crippen LogP contribution in [0.4, 0.5) is 16.0 Å². The summed E-state index contributed by atoms with van der Waals surface area (Å²) in [5.41, 5.74) is 4.07. The molecule has 0 aliphatic heterocycles. The number of carbonyl (C=O) groups is 2. The Morgan fingerprint density at radius 1 is 0.847 bits per heavy atom. The fourth-order valence-corrected chi connectivity index (χ4v) is 6.82. The van der Waals surface area contributed by atoms with Gasteiger partial charge in [0, 0.05) is 40.7 Å². The van der Waals surface area contributed by atoms with Crippen LogP contribution in [0.5, 0.6) is 23.3 Å². The van der Waals surface area contributed by atoms with Gasteiger partial charge in [-0.3, -0.25) is 14.7 Å². The van der Waals surface area contributed by atoms with Crippen LogP contribution in [0.15, 0.2) is 55.0 Å². The second-order valence-electron chi connectivity index (χ2n) is 14.6. The zero-order chi connectivity index (χ0) is 41.8. The molecule has 6 aromatic rings. The monoisotopic (exact) mass is 816 g/mol. The highest BCUT2D eigenvalue weighted by Crippen LogP contribution is 2.43. The van der Waals surface area contributed by atoms with E-state index >= 15 is 0 Å². The number of halogens is 1. The first-order valence-corrected chi connectivity index (χ1v) is 19.7. The molecule has 2 amide bonds. The van der Waals surface area contributed by atoms with E-state index in [1.165, 1.54) is 13.4 Å². The molecule has 1 aromatic carbocycles. The number of hydrogen-bond donors (Lipinski definition) is 4. The van der Waals surface area contributed by atoms with Crippen LogP contribution in [0.1, 0.15) is 45.2 Å². The predicted molar refractivity (Wildman–Crippen MR) is 230 cm³/mol. The van der Waals surface area contributed by atoms with Gasteiger partial charge in [0.25, 0.3) is 0 Å². The lowest BCUT2D eigenvalue weighted by Crippen LogP contribution is -2.20. The van der Waals surface area contributed by atoms with Gasteiger partial charge in [-0.1, -0.05) is 19.9 Å². The van der Waals surface area contributed by atoms with Crippen molar-refractivity contribution in [3.05, 3.63) is 55.0 Å². The Morgan fingerprint density at radius 2 is 1.49 bits per heavy atom. The summed E-state index contributed by atoms with van der Waals surface area (Å²) >= 11 is 0. The molecule has 4 atom stereocenters. The number of fused-ring (bicyclic) bond motifs is 2. The fourth-order valence-electron chi connectivity index (χ4n) is 6.82. The molecule has 3 saturated carbocycles. The average molecular weight is 817 g/mol. The van der Waals surface area contributed by atoms with Crippen LogP contribution in [-0.2, 0) is 9.59 Å². The topological polar surface area (TPSA) is 194 Å². The number of carbonyl (C=O) groups excluding carboxylic acids is 2. The standard InChI is InChI=1S/C22H26N4O3.C18H17FN6O3.C2H6.4H2/c1-26(2)12-13-10-15(13)22(27)25-19-9-8-14-16(11-23-21(14)24-19)20-17(28-3)6-5-7-18(20)29-4;1-27-17-13(18(21-7-20-17)28-8-2-3-8)14-9-4-5-12(22-15(9)25-24-14)23-16(26)10-6-11(10)19;1-2;;;;/h5-9,11,13,15H,10,12H2,1-4H3,(H2,23,24,25,27);4-5,7-8,10-11H,2-3,6H2,1H3,(H2,22,23,24,25,26);1-2H3;4*1H. The lowest BCUT2D eigenvalue weighted by atomic mass is 10.0. The van der Waals surface area contributed by atoms with E-state index in [0.29, 0.717) is 57.3 Å². The third-order valence-electron chi connectivity index (χ3n) is 10.1. The molecule has 16 nitrogen and oxygen atoms in total. The number of nitrogens with zero attached hydrogens (tertiary/aromatic N) is 6. The minimum atomic E-state index is -1.06. The number of H-pyrrole nitrogens is 2. The quantitative estimate of drug-likeness (QED) is 0.0891. The molecule has 4 unspecified atom stereocenters. The van der Waals surface area contributed by atoms with Gasteiger partial charge in [-0.2, -0.15) is 5.10 Å². The number of hydrogen-bond acceptors (Lipinski definition) is 12. The van der Waals surface area contributed by atoms with Crippen LogP contribution in [0.3, 0.4) is 0 Å². The van der Waals surface area contributed by atoms with Crippen molar-refractivity contribution < 1.29 is 38.6 Å². The molecular weight excluding hydrogens is 760 g/mol. The molecular formula is C42H57FN10O6. The third-order valence-corrected chi connectivity index (χ3v) is 10.1. The van der Waals surface area contributed by atoms with Gasteiger partial charge >= 0.3 is 0 Å². The predicted octanol–water partition coefficient (Wildman–Crippen LogP) is 7.65. The lowest BCUT2D eigenvalue weighted by molar-refractivity contribution is -0.118. The number of ether oxygens (including phenoxy) is 4. The van der Waals surface area contributed by atoms with Gasteiger partial charge in [-0.05, 0) is 82.1 Å². The highest BCUT2D eigenvalue weighted by molar-refractivity contribution is 6.00. The minimum absolute atomic E-state index is 0. The smallest absolute Gasteiger partial charge is 0.231 e. The molecule has 4 N–H and O–H groups in total. The Hall–Kier alpha value is -6.36. The van der Waals surface area contributed by atoms with Gasteiger partial charge in [0.05, 0.1) is 38.5 Å². The summed E-state index contributed by atoms with van der Waals surface area (Å²) in [5, 5.41) is 14.4. The number of benzene rings is 1. The van der Waals surface area contributed by atoms with Crippen molar-refractivity contribution in [1.29, 1.82) is 0 Å². The molecule has 318 valence electrons. The SMILES string of the molecule is CC.COc1cccc(OC)c1-c1c[nH]c2nc(NC(=O)C3CC3CN(C)C)ccc12.COc1ncnc(OC2CC2)c1-c1[nH]nc2nc(NC(=O)C3CC3F)ccc12.[HH].[HH].[HH].[HH]. The molecule has 3 aliphatic rings. The summed E-state index contributed by atoms with van der Waals surface area (Å²) in [6.45, 7) is 4.94. The van der Waals surface area contributed by atoms with E-state index < -0.39 is 12.1 Å². The number of amides is 2. The summed E-state index contributed by atoms with van der Waals surface area (Å²) in [5.74, 6) is 2.70. The maximum absolute atomic E-state index is 13.0. The van der Waals surface area contributed by atoms with Crippen LogP contribution in [0.2, 0.25) is 0 Å². The Labute approximate surface area is 346 Å². The van der Waals surface area contributed by atoms with Crippen molar-refractivity contribution in [1.82, 2.24) is 40.0 Å². The molecule has 3 fully saturated rings. The van der Waals surface area contributed by atoms with E-state index in [0.717, 1.165) is 53.8 Å². The first-order chi connectivity index (χ1) is 28.6. The second kappa shape index (κ2) is 17.6. The van der Waals surface area contributed by atoms with Crippen LogP contribution < -0.4 is 29.6 Å². The maximum atomic E-state index is 13.0. The number of aromatic nitrogens is 7. The van der Waals surface area contributed by atoms with E-state index in [1.807, 2.05) is 64.5 Å². The fraction of sp³-hybridized carbons (Fsp3) is 0.405. The van der Waals surface area contributed by atoms with E-state index in [-0.39, 0.29) is 36.0 Å². The Morgan fingerprint density at radius 3 is 2.12 bits per heavy atom. The van der Waals surface area contributed by atoms with Crippen LogP contribution in [0.25, 0.3) is 44.5 Å². The Bertz CT molecular complexity index is 2450. The summed E-state index contributed by atoms with van der Waals surface area (Å²) in [4.78, 5) is 47.1. The van der Waals surface area contributed by atoms with Gasteiger partial charge in [-0.25, -0.2) is 24.3 Å². The largest absolute Gasteiger partial charge is 0.496 e. The molecule has 9 rings (SSSR count). The zero-order valence-electron chi connectivity index (χ0n) is 34.1. The number of rotatable bonds is 13. The molecule has 0 bridgehead atoms. The van der Waals surface area contributed by atoms with Crippen molar-refractivity contribution in [3.63, 3.8) is 0 Å². The molecule has 0 radical (unpaired) electrons. The van der Waals surface area contributed by atoms with E-state index in [1.54, 1.807) is 26.4 Å². The molecule has 0 saturated heterocycles. The average Bonchev–Trinajstić information content (AvgIpc) is 4.21. The van der Waals surface area contributed by atoms with Gasteiger partial charge < -0.3 is 39.5 Å². The molecule has 5 aromatic heterocycles. The minimum Gasteiger partial charge on any atom is -0.496 e. The van der Waals surface area contributed by atoms with Gasteiger partial charge in [0.15, 0.2) is 5.65 Å². The van der Waals surface area contributed by atoms with Crippen molar-refractivity contribution in [2.75, 3.05) is 52.6 Å². The number of aromatic amines is 2. The Kier molecular flexibility index (Phi) is 12.2. The Balaban J connectivity index is 0.000000304. The lowest BCUT2D eigenvalue weighted by Gasteiger charge is -2.12. The van der Waals surface area contributed by atoms with Gasteiger partial charge in [0.2, 0.25) is 23.6 Å². The summed E-state index contributed by atoms with van der Waals surface area (Å²) in [7, 11) is 8.86. The number of alkyl halides is 1. The van der Waals surface area contributed by atoms with Crippen molar-refractivity contribution >= 4 is 45.5 Å². The van der Waals surface area contributed by atoms with E-state index in [9.17, 15) is 14.0 Å². The summed E-state index contributed by atoms with van der Waals surface area (Å²) < 4.78 is 35.4. The van der Waals surface area contributed by atoms with E-state index in [2.05, 4.69) is 50.7 Å². The number of nitrogens with one attached hydrogen (secondary N) is 4. The highest BCUT2D eigenvalue weighted by Gasteiger charge is 2.44. The zero-order valence-corrected chi connectivity index (χ0v) is 34.1. The molecule has 59 heavy (non-hydrogen) atoms. The molecule has 3 aliphatic carbocycles. The molecule has 17 heteroatoms. The van der Waals surface area contributed by atoms with Crippen molar-refractivity contribution in [2.45, 2.75) is 51.8 Å². The summed E-state index contributed by atoms with van der Waals surface area (Å²) in [6, 6.07) is 12.9. The molecule has 5 heterocycles. The van der Waals surface area contributed by atoms with Crippen LogP contribution in [-0.4, -0.2) is 106 Å². The van der Waals surface area contributed by atoms with Crippen LogP contribution >= 0.6 is 0 Å². The first kappa shape index (κ1) is 40.8. The number of methoxy groups -OCH3 is 3. The van der Waals surface area contributed by atoms with Crippen molar-refractivity contribution in [2.24, 2.45) is 17.8 Å².